The lowest BCUT2D eigenvalue weighted by atomic mass is 10.1. The van der Waals surface area contributed by atoms with Gasteiger partial charge in [0.2, 0.25) is 11.8 Å². The zero-order valence-corrected chi connectivity index (χ0v) is 18.4. The Hall–Kier alpha value is -3.40. The molecule has 0 fully saturated rings. The number of rotatable bonds is 8. The molecular weight excluding hydrogens is 461 g/mol. The third-order valence-electron chi connectivity index (χ3n) is 4.52. The average molecular weight is 481 g/mol. The van der Waals surface area contributed by atoms with E-state index in [1.807, 2.05) is 0 Å². The Kier molecular flexibility index (Phi) is 7.70. The molecule has 0 aliphatic carbocycles. The second kappa shape index (κ2) is 10.5. The quantitative estimate of drug-likeness (QED) is 0.503. The largest absolute Gasteiger partial charge is 0.472 e. The molecule has 0 spiro atoms. The normalized spacial score (nSPS) is 11.2. The van der Waals surface area contributed by atoms with Gasteiger partial charge in [-0.1, -0.05) is 31.5 Å². The van der Waals surface area contributed by atoms with Gasteiger partial charge in [0, 0.05) is 41.9 Å². The summed E-state index contributed by atoms with van der Waals surface area (Å²) in [5.41, 5.74) is 0.0108. The number of carbonyl (C=O) groups excluding carboxylic acids is 1. The minimum absolute atomic E-state index is 0.0145. The average Bonchev–Trinajstić information content (AvgIpc) is 2.77. The van der Waals surface area contributed by atoms with Gasteiger partial charge < -0.3 is 15.0 Å². The number of ether oxygens (including phenoxy) is 1. The van der Waals surface area contributed by atoms with E-state index in [9.17, 15) is 18.4 Å². The lowest BCUT2D eigenvalue weighted by molar-refractivity contribution is -0.124. The van der Waals surface area contributed by atoms with E-state index in [1.54, 1.807) is 13.8 Å². The number of H-pyrrole nitrogens is 1. The smallest absolute Gasteiger partial charge is 0.272 e. The summed E-state index contributed by atoms with van der Waals surface area (Å²) in [4.78, 5) is 34.7. The molecule has 0 radical (unpaired) electrons. The molecule has 0 unspecified atom stereocenters. The third-order valence-corrected chi connectivity index (χ3v) is 4.83. The zero-order chi connectivity index (χ0) is 24.1. The number of benzene rings is 1. The summed E-state index contributed by atoms with van der Waals surface area (Å²) in [5.74, 6) is -1.38. The lowest BCUT2D eigenvalue weighted by Crippen LogP contribution is -2.27. The predicted octanol–water partition coefficient (Wildman–Crippen LogP) is 4.21. The molecule has 0 bridgehead atoms. The number of hydrogen-bond acceptors (Lipinski definition) is 5. The monoisotopic (exact) mass is 480 g/mol. The SMILES string of the molecule is CC(C)C(=O)NCc1ccc(Cl)c(-c2nc(-c3ccc(OCC(F)F)nc3)cc(=O)[nH]2)c1F. The highest BCUT2D eigenvalue weighted by Gasteiger charge is 2.19. The number of pyridine rings is 1. The molecule has 2 N–H and O–H groups in total. The first-order valence-corrected chi connectivity index (χ1v) is 10.3. The highest BCUT2D eigenvalue weighted by Crippen LogP contribution is 2.31. The molecule has 0 saturated carbocycles. The van der Waals surface area contributed by atoms with Crippen molar-refractivity contribution in [3.05, 3.63) is 63.3 Å². The Labute approximate surface area is 192 Å². The summed E-state index contributed by atoms with van der Waals surface area (Å²) in [6, 6.07) is 6.89. The molecule has 0 saturated heterocycles. The maximum Gasteiger partial charge on any atom is 0.272 e. The minimum Gasteiger partial charge on any atom is -0.472 e. The highest BCUT2D eigenvalue weighted by molar-refractivity contribution is 6.33. The van der Waals surface area contributed by atoms with Gasteiger partial charge in [-0.05, 0) is 12.1 Å². The molecule has 0 aliphatic heterocycles. The number of hydrogen-bond donors (Lipinski definition) is 2. The van der Waals surface area contributed by atoms with Gasteiger partial charge in [-0.2, -0.15) is 0 Å². The van der Waals surface area contributed by atoms with Crippen LogP contribution in [0.2, 0.25) is 5.02 Å². The third kappa shape index (κ3) is 6.10. The van der Waals surface area contributed by atoms with Crippen LogP contribution in [0.4, 0.5) is 13.2 Å². The van der Waals surface area contributed by atoms with Crippen molar-refractivity contribution in [2.75, 3.05) is 6.61 Å². The number of aromatic nitrogens is 3. The van der Waals surface area contributed by atoms with Crippen molar-refractivity contribution in [2.45, 2.75) is 26.8 Å². The number of alkyl halides is 2. The summed E-state index contributed by atoms with van der Waals surface area (Å²) < 4.78 is 44.6. The van der Waals surface area contributed by atoms with E-state index < -0.39 is 24.4 Å². The van der Waals surface area contributed by atoms with Crippen LogP contribution in [0.1, 0.15) is 19.4 Å². The van der Waals surface area contributed by atoms with Crippen molar-refractivity contribution < 1.29 is 22.7 Å². The van der Waals surface area contributed by atoms with Crippen molar-refractivity contribution in [2.24, 2.45) is 5.92 Å². The Balaban J connectivity index is 1.94. The Bertz CT molecular complexity index is 1200. The van der Waals surface area contributed by atoms with Gasteiger partial charge in [-0.25, -0.2) is 23.1 Å². The second-order valence-corrected chi connectivity index (χ2v) is 7.74. The van der Waals surface area contributed by atoms with Crippen LogP contribution in [0, 0.1) is 11.7 Å². The Morgan fingerprint density at radius 2 is 2.00 bits per heavy atom. The zero-order valence-electron chi connectivity index (χ0n) is 17.7. The summed E-state index contributed by atoms with van der Waals surface area (Å²) >= 11 is 6.20. The van der Waals surface area contributed by atoms with Crippen molar-refractivity contribution >= 4 is 17.5 Å². The summed E-state index contributed by atoms with van der Waals surface area (Å²) in [6.07, 6.45) is -1.35. The first kappa shape index (κ1) is 24.2. The Morgan fingerprint density at radius 3 is 2.64 bits per heavy atom. The van der Waals surface area contributed by atoms with E-state index >= 15 is 4.39 Å². The number of aromatic amines is 1. The molecule has 0 aliphatic rings. The fourth-order valence-electron chi connectivity index (χ4n) is 2.83. The fourth-order valence-corrected chi connectivity index (χ4v) is 3.06. The van der Waals surface area contributed by atoms with E-state index in [0.717, 1.165) is 0 Å². The van der Waals surface area contributed by atoms with Gasteiger partial charge >= 0.3 is 0 Å². The number of carbonyl (C=O) groups is 1. The van der Waals surface area contributed by atoms with Crippen LogP contribution < -0.4 is 15.6 Å². The van der Waals surface area contributed by atoms with Gasteiger partial charge in [0.15, 0.2) is 6.61 Å². The van der Waals surface area contributed by atoms with E-state index in [2.05, 4.69) is 20.3 Å². The maximum absolute atomic E-state index is 15.3. The van der Waals surface area contributed by atoms with Crippen molar-refractivity contribution in [1.29, 1.82) is 0 Å². The molecule has 2 heterocycles. The fraction of sp³-hybridized carbons (Fsp3) is 0.273. The molecule has 11 heteroatoms. The summed E-state index contributed by atoms with van der Waals surface area (Å²) in [6.45, 7) is 2.56. The van der Waals surface area contributed by atoms with Crippen LogP contribution in [0.25, 0.3) is 22.6 Å². The molecule has 33 heavy (non-hydrogen) atoms. The lowest BCUT2D eigenvalue weighted by Gasteiger charge is -2.13. The molecule has 0 atom stereocenters. The number of nitrogens with one attached hydrogen (secondary N) is 2. The summed E-state index contributed by atoms with van der Waals surface area (Å²) in [7, 11) is 0. The van der Waals surface area contributed by atoms with Crippen LogP contribution in [-0.4, -0.2) is 33.9 Å². The standard InChI is InChI=1S/C22H20ClF3N4O3/c1-11(2)22(32)28-9-13-3-5-14(23)19(20(13)26)21-29-15(7-17(31)30-21)12-4-6-18(27-8-12)33-10-16(24)25/h3-8,11,16H,9-10H2,1-2H3,(H,28,32)(H,29,30,31). The molecule has 1 amide bonds. The molecule has 174 valence electrons. The van der Waals surface area contributed by atoms with Gasteiger partial charge in [-0.3, -0.25) is 9.59 Å². The van der Waals surface area contributed by atoms with Gasteiger partial charge in [0.25, 0.3) is 12.0 Å². The van der Waals surface area contributed by atoms with E-state index in [0.29, 0.717) is 5.56 Å². The van der Waals surface area contributed by atoms with Crippen molar-refractivity contribution in [1.82, 2.24) is 20.3 Å². The highest BCUT2D eigenvalue weighted by atomic mass is 35.5. The van der Waals surface area contributed by atoms with Crippen LogP contribution in [-0.2, 0) is 11.3 Å². The van der Waals surface area contributed by atoms with Crippen LogP contribution in [0.15, 0.2) is 41.3 Å². The van der Waals surface area contributed by atoms with Crippen LogP contribution >= 0.6 is 11.6 Å². The first-order chi connectivity index (χ1) is 15.7. The van der Waals surface area contributed by atoms with E-state index in [1.165, 1.54) is 36.5 Å². The molecule has 2 aromatic heterocycles. The molecule has 7 nitrogen and oxygen atoms in total. The summed E-state index contributed by atoms with van der Waals surface area (Å²) in [5, 5.41) is 2.64. The molecule has 3 aromatic rings. The van der Waals surface area contributed by atoms with Crippen molar-refractivity contribution in [3.63, 3.8) is 0 Å². The predicted molar refractivity (Wildman–Crippen MR) is 117 cm³/mol. The van der Waals surface area contributed by atoms with Crippen LogP contribution in [0.3, 0.4) is 0 Å². The van der Waals surface area contributed by atoms with Gasteiger partial charge in [-0.15, -0.1) is 0 Å². The van der Waals surface area contributed by atoms with Gasteiger partial charge in [0.05, 0.1) is 16.3 Å². The topological polar surface area (TPSA) is 97.0 Å². The van der Waals surface area contributed by atoms with E-state index in [-0.39, 0.29) is 51.9 Å². The van der Waals surface area contributed by atoms with Crippen molar-refractivity contribution in [3.8, 4) is 28.5 Å². The molecule has 1 aromatic carbocycles. The van der Waals surface area contributed by atoms with Gasteiger partial charge in [0.1, 0.15) is 11.6 Å². The molecule has 3 rings (SSSR count). The first-order valence-electron chi connectivity index (χ1n) is 9.89. The number of nitrogens with zero attached hydrogens (tertiary/aromatic N) is 2. The number of amides is 1. The molecular formula is C22H20ClF3N4O3. The van der Waals surface area contributed by atoms with Crippen LogP contribution in [0.5, 0.6) is 5.88 Å². The van der Waals surface area contributed by atoms with E-state index in [4.69, 9.17) is 16.3 Å². The maximum atomic E-state index is 15.3. The minimum atomic E-state index is -2.64. The Morgan fingerprint density at radius 1 is 1.24 bits per heavy atom. The number of halogens is 4. The second-order valence-electron chi connectivity index (χ2n) is 7.33.